The predicted octanol–water partition coefficient (Wildman–Crippen LogP) is 16.3. The standard InChI is InChI=1S/C54H92O6/c1-4-7-10-13-16-19-21-23-25-27-29-30-32-35-38-41-44-47-53(56)59-50-51(49-58-52(55)46-43-40-37-34-18-15-12-9-6-3)60-54(57)48-45-42-39-36-33-31-28-26-24-22-20-17-14-11-8-5-2/h9,12,18,23,25,29-30,34-35,38,40,43,51H,4-8,10-11,13-17,19-22,24,26-28,31-33,36-37,39,41-42,44-50H2,1-3H3/b12-9-,25-23-,30-29-,34-18-,38-35-,43-40-. The molecule has 60 heavy (non-hydrogen) atoms. The van der Waals surface area contributed by atoms with Gasteiger partial charge in [0.25, 0.3) is 0 Å². The zero-order chi connectivity index (χ0) is 43.7. The maximum absolute atomic E-state index is 12.8. The first-order chi connectivity index (χ1) is 29.5. The first kappa shape index (κ1) is 56.9. The summed E-state index contributed by atoms with van der Waals surface area (Å²) in [6, 6.07) is 0. The highest BCUT2D eigenvalue weighted by molar-refractivity contribution is 5.72. The van der Waals surface area contributed by atoms with E-state index in [1.54, 1.807) is 6.08 Å². The molecule has 0 aromatic carbocycles. The fourth-order valence-corrected chi connectivity index (χ4v) is 6.75. The van der Waals surface area contributed by atoms with Gasteiger partial charge in [0.1, 0.15) is 13.2 Å². The Morgan fingerprint density at radius 2 is 0.733 bits per heavy atom. The Bertz CT molecular complexity index is 1140. The van der Waals surface area contributed by atoms with Crippen LogP contribution in [0.25, 0.3) is 0 Å². The molecule has 0 bridgehead atoms. The summed E-state index contributed by atoms with van der Waals surface area (Å²) in [5.41, 5.74) is 0. The molecule has 0 aliphatic carbocycles. The van der Waals surface area contributed by atoms with E-state index >= 15 is 0 Å². The second-order valence-corrected chi connectivity index (χ2v) is 16.4. The maximum Gasteiger partial charge on any atom is 0.309 e. The molecule has 0 aromatic rings. The molecule has 6 nitrogen and oxygen atoms in total. The Kier molecular flexibility index (Phi) is 46.0. The van der Waals surface area contributed by atoms with Crippen LogP contribution in [0.15, 0.2) is 72.9 Å². The number of carbonyl (C=O) groups excluding carboxylic acids is 3. The normalized spacial score (nSPS) is 12.7. The van der Waals surface area contributed by atoms with Crippen molar-refractivity contribution in [1.29, 1.82) is 0 Å². The average molecular weight is 837 g/mol. The molecule has 0 saturated carbocycles. The highest BCUT2D eigenvalue weighted by Gasteiger charge is 2.19. The Morgan fingerprint density at radius 1 is 0.367 bits per heavy atom. The van der Waals surface area contributed by atoms with Crippen molar-refractivity contribution in [2.24, 2.45) is 0 Å². The molecular formula is C54H92O6. The fraction of sp³-hybridized carbons (Fsp3) is 0.722. The summed E-state index contributed by atoms with van der Waals surface area (Å²) in [7, 11) is 0. The van der Waals surface area contributed by atoms with Crippen LogP contribution in [0.1, 0.15) is 233 Å². The van der Waals surface area contributed by atoms with Gasteiger partial charge in [0.05, 0.1) is 6.42 Å². The third-order valence-corrected chi connectivity index (χ3v) is 10.5. The molecule has 0 aliphatic heterocycles. The molecule has 0 saturated heterocycles. The number of carbonyl (C=O) groups is 3. The summed E-state index contributed by atoms with van der Waals surface area (Å²) in [6.45, 7) is 6.37. The largest absolute Gasteiger partial charge is 0.462 e. The lowest BCUT2D eigenvalue weighted by atomic mass is 10.0. The zero-order valence-electron chi connectivity index (χ0n) is 39.2. The summed E-state index contributed by atoms with van der Waals surface area (Å²) >= 11 is 0. The zero-order valence-corrected chi connectivity index (χ0v) is 39.2. The van der Waals surface area contributed by atoms with E-state index in [1.807, 2.05) is 6.08 Å². The van der Waals surface area contributed by atoms with Gasteiger partial charge in [0.15, 0.2) is 6.10 Å². The summed E-state index contributed by atoms with van der Waals surface area (Å²) in [5, 5.41) is 0. The lowest BCUT2D eigenvalue weighted by Crippen LogP contribution is -2.30. The van der Waals surface area contributed by atoms with Crippen LogP contribution in [0, 0.1) is 0 Å². The molecule has 344 valence electrons. The van der Waals surface area contributed by atoms with E-state index < -0.39 is 12.1 Å². The third-order valence-electron chi connectivity index (χ3n) is 10.5. The van der Waals surface area contributed by atoms with Crippen LogP contribution in [-0.4, -0.2) is 37.2 Å². The Hall–Kier alpha value is -3.15. The SMILES string of the molecule is CC/C=C\C/C=C\C/C=C\CC(=O)OCC(COC(=O)CCC/C=C\C/C=C\C/C=C\CCCCCCCC)OC(=O)CCCCCCCCCCCCCCCCCC. The molecular weight excluding hydrogens is 745 g/mol. The van der Waals surface area contributed by atoms with Crippen molar-refractivity contribution in [3.8, 4) is 0 Å². The summed E-state index contributed by atoms with van der Waals surface area (Å²) in [5.74, 6) is -1.10. The second kappa shape index (κ2) is 48.5. The first-order valence-electron chi connectivity index (χ1n) is 24.9. The summed E-state index contributed by atoms with van der Waals surface area (Å²) in [4.78, 5) is 37.7. The number of hydrogen-bond donors (Lipinski definition) is 0. The van der Waals surface area contributed by atoms with Crippen molar-refractivity contribution in [2.45, 2.75) is 239 Å². The summed E-state index contributed by atoms with van der Waals surface area (Å²) in [6.07, 6.45) is 60.7. The van der Waals surface area contributed by atoms with Gasteiger partial charge >= 0.3 is 17.9 Å². The average Bonchev–Trinajstić information content (AvgIpc) is 3.24. The minimum Gasteiger partial charge on any atom is -0.462 e. The minimum atomic E-state index is -0.827. The van der Waals surface area contributed by atoms with E-state index in [1.165, 1.54) is 128 Å². The van der Waals surface area contributed by atoms with Gasteiger partial charge in [-0.3, -0.25) is 14.4 Å². The number of hydrogen-bond acceptors (Lipinski definition) is 6. The number of rotatable bonds is 44. The molecule has 0 rings (SSSR count). The Balaban J connectivity index is 4.44. The van der Waals surface area contributed by atoms with Gasteiger partial charge in [-0.2, -0.15) is 0 Å². The van der Waals surface area contributed by atoms with E-state index in [9.17, 15) is 14.4 Å². The van der Waals surface area contributed by atoms with Crippen LogP contribution >= 0.6 is 0 Å². The van der Waals surface area contributed by atoms with Crippen LogP contribution < -0.4 is 0 Å². The maximum atomic E-state index is 12.8. The molecule has 0 N–H and O–H groups in total. The van der Waals surface area contributed by atoms with Crippen LogP contribution in [0.2, 0.25) is 0 Å². The van der Waals surface area contributed by atoms with Crippen molar-refractivity contribution >= 4 is 17.9 Å². The second-order valence-electron chi connectivity index (χ2n) is 16.4. The quantitative estimate of drug-likeness (QED) is 0.0263. The molecule has 0 amide bonds. The van der Waals surface area contributed by atoms with E-state index in [0.717, 1.165) is 57.8 Å². The molecule has 1 atom stereocenters. The van der Waals surface area contributed by atoms with Gasteiger partial charge in [-0.15, -0.1) is 0 Å². The van der Waals surface area contributed by atoms with E-state index in [2.05, 4.69) is 81.5 Å². The van der Waals surface area contributed by atoms with E-state index in [4.69, 9.17) is 14.2 Å². The van der Waals surface area contributed by atoms with E-state index in [-0.39, 0.29) is 38.0 Å². The molecule has 0 radical (unpaired) electrons. The lowest BCUT2D eigenvalue weighted by Gasteiger charge is -2.18. The lowest BCUT2D eigenvalue weighted by molar-refractivity contribution is -0.166. The monoisotopic (exact) mass is 837 g/mol. The van der Waals surface area contributed by atoms with Crippen LogP contribution in [-0.2, 0) is 28.6 Å². The molecule has 0 spiro atoms. The topological polar surface area (TPSA) is 78.9 Å². The van der Waals surface area contributed by atoms with Gasteiger partial charge in [-0.1, -0.05) is 222 Å². The highest BCUT2D eigenvalue weighted by atomic mass is 16.6. The number of ether oxygens (including phenoxy) is 3. The molecule has 0 aromatic heterocycles. The Morgan fingerprint density at radius 3 is 1.22 bits per heavy atom. The molecule has 6 heteroatoms. The number of esters is 3. The van der Waals surface area contributed by atoms with Crippen LogP contribution in [0.3, 0.4) is 0 Å². The van der Waals surface area contributed by atoms with Crippen molar-refractivity contribution in [2.75, 3.05) is 13.2 Å². The van der Waals surface area contributed by atoms with Gasteiger partial charge in [-0.05, 0) is 64.2 Å². The molecule has 0 aliphatic rings. The van der Waals surface area contributed by atoms with Crippen molar-refractivity contribution in [1.82, 2.24) is 0 Å². The van der Waals surface area contributed by atoms with Crippen molar-refractivity contribution < 1.29 is 28.6 Å². The molecule has 0 fully saturated rings. The first-order valence-corrected chi connectivity index (χ1v) is 24.9. The predicted molar refractivity (Wildman–Crippen MR) is 256 cm³/mol. The van der Waals surface area contributed by atoms with Gasteiger partial charge in [0.2, 0.25) is 0 Å². The summed E-state index contributed by atoms with van der Waals surface area (Å²) < 4.78 is 16.6. The van der Waals surface area contributed by atoms with Crippen LogP contribution in [0.4, 0.5) is 0 Å². The number of allylic oxidation sites excluding steroid dienone is 11. The van der Waals surface area contributed by atoms with Gasteiger partial charge in [0, 0.05) is 12.8 Å². The minimum absolute atomic E-state index is 0.127. The van der Waals surface area contributed by atoms with Gasteiger partial charge in [-0.25, -0.2) is 0 Å². The molecule has 0 heterocycles. The smallest absolute Gasteiger partial charge is 0.309 e. The third kappa shape index (κ3) is 45.9. The van der Waals surface area contributed by atoms with Crippen LogP contribution in [0.5, 0.6) is 0 Å². The molecule has 1 unspecified atom stereocenters. The Labute approximate surface area is 370 Å². The van der Waals surface area contributed by atoms with Crippen molar-refractivity contribution in [3.05, 3.63) is 72.9 Å². The fourth-order valence-electron chi connectivity index (χ4n) is 6.75. The highest BCUT2D eigenvalue weighted by Crippen LogP contribution is 2.15. The van der Waals surface area contributed by atoms with Gasteiger partial charge < -0.3 is 14.2 Å². The number of unbranched alkanes of at least 4 members (excludes halogenated alkanes) is 22. The van der Waals surface area contributed by atoms with E-state index in [0.29, 0.717) is 12.8 Å². The van der Waals surface area contributed by atoms with Crippen molar-refractivity contribution in [3.63, 3.8) is 0 Å².